The Labute approximate surface area is 214 Å². The first-order valence-corrected chi connectivity index (χ1v) is 12.8. The van der Waals surface area contributed by atoms with E-state index < -0.39 is 48.0 Å². The number of hydrogen-bond acceptors (Lipinski definition) is 12. The van der Waals surface area contributed by atoms with Crippen LogP contribution in [0.1, 0.15) is 38.3 Å². The van der Waals surface area contributed by atoms with Gasteiger partial charge in [0.25, 0.3) is 5.91 Å². The zero-order valence-electron chi connectivity index (χ0n) is 18.9. The van der Waals surface area contributed by atoms with E-state index in [1.165, 1.54) is 22.8 Å². The number of thioether (sulfide) groups is 1. The first-order chi connectivity index (χ1) is 16.8. The Balaban J connectivity index is 1.60. The number of halogens is 1. The summed E-state index contributed by atoms with van der Waals surface area (Å²) < 4.78 is 9.93. The molecule has 0 spiro atoms. The van der Waals surface area contributed by atoms with E-state index in [-0.39, 0.29) is 28.0 Å². The third-order valence-corrected chi connectivity index (χ3v) is 7.30. The van der Waals surface area contributed by atoms with Crippen LogP contribution in [0, 0.1) is 0 Å². The van der Waals surface area contributed by atoms with Crippen LogP contribution in [-0.2, 0) is 33.5 Å². The fourth-order valence-electron chi connectivity index (χ4n) is 3.32. The standard InChI is InChI=1S/C20H24ClN5O7S2/c1-3-4-5-6-12(27)32-9-33-19(30)15-10(21)7-34-18-14(17(29)26(15)18)24-16(28)13(25-31-2)11-8-35-20(22)23-11/h7-8,14-15,18H,3-6,9H2,1-2H3,(H2,22,23)(H,24,28)/t14?,15?,18-/m1/s1. The highest BCUT2D eigenvalue weighted by atomic mass is 35.5. The molecule has 0 bridgehead atoms. The van der Waals surface area contributed by atoms with Crippen LogP contribution in [0.15, 0.2) is 21.0 Å². The lowest BCUT2D eigenvalue weighted by atomic mass is 10.0. The molecule has 2 unspecified atom stereocenters. The monoisotopic (exact) mass is 545 g/mol. The Morgan fingerprint density at radius 1 is 1.31 bits per heavy atom. The molecular weight excluding hydrogens is 522 g/mol. The van der Waals surface area contributed by atoms with Crippen molar-refractivity contribution in [1.29, 1.82) is 0 Å². The van der Waals surface area contributed by atoms with Crippen molar-refractivity contribution >= 4 is 69.3 Å². The minimum Gasteiger partial charge on any atom is -0.428 e. The van der Waals surface area contributed by atoms with Crippen LogP contribution in [0.4, 0.5) is 5.13 Å². The van der Waals surface area contributed by atoms with E-state index in [1.807, 2.05) is 6.92 Å². The maximum atomic E-state index is 12.9. The van der Waals surface area contributed by atoms with Crippen LogP contribution >= 0.6 is 34.7 Å². The number of amides is 2. The number of carbonyl (C=O) groups excluding carboxylic acids is 4. The Morgan fingerprint density at radius 2 is 2.09 bits per heavy atom. The number of fused-ring (bicyclic) bond motifs is 1. The Hall–Kier alpha value is -2.84. The lowest BCUT2D eigenvalue weighted by molar-refractivity contribution is -0.175. The predicted octanol–water partition coefficient (Wildman–Crippen LogP) is 1.55. The molecule has 0 aliphatic carbocycles. The van der Waals surface area contributed by atoms with Crippen LogP contribution in [0.2, 0.25) is 0 Å². The average molecular weight is 546 g/mol. The fourth-order valence-corrected chi connectivity index (χ4v) is 5.31. The molecule has 1 aromatic rings. The third kappa shape index (κ3) is 6.24. The van der Waals surface area contributed by atoms with Gasteiger partial charge < -0.3 is 30.3 Å². The first-order valence-electron chi connectivity index (χ1n) is 10.6. The summed E-state index contributed by atoms with van der Waals surface area (Å²) in [5.74, 6) is -2.58. The number of anilines is 1. The number of nitrogens with one attached hydrogen (secondary N) is 1. The van der Waals surface area contributed by atoms with Crippen LogP contribution in [0.5, 0.6) is 0 Å². The minimum atomic E-state index is -1.21. The molecule has 15 heteroatoms. The molecule has 1 fully saturated rings. The quantitative estimate of drug-likeness (QED) is 0.104. The van der Waals surface area contributed by atoms with E-state index in [0.717, 1.165) is 35.9 Å². The summed E-state index contributed by atoms with van der Waals surface area (Å²) in [7, 11) is 1.27. The molecule has 0 radical (unpaired) electrons. The van der Waals surface area contributed by atoms with Gasteiger partial charge in [-0.2, -0.15) is 0 Å². The van der Waals surface area contributed by atoms with Gasteiger partial charge in [-0.25, -0.2) is 9.78 Å². The van der Waals surface area contributed by atoms with Crippen molar-refractivity contribution < 1.29 is 33.5 Å². The van der Waals surface area contributed by atoms with Crippen molar-refractivity contribution in [2.45, 2.75) is 50.1 Å². The molecule has 2 amide bonds. The van der Waals surface area contributed by atoms with Crippen LogP contribution in [-0.4, -0.2) is 70.7 Å². The van der Waals surface area contributed by atoms with E-state index >= 15 is 0 Å². The highest BCUT2D eigenvalue weighted by Gasteiger charge is 2.56. The number of nitrogens with two attached hydrogens (primary N) is 1. The maximum absolute atomic E-state index is 12.9. The minimum absolute atomic E-state index is 0.0724. The number of ether oxygens (including phenoxy) is 2. The molecule has 1 aromatic heterocycles. The van der Waals surface area contributed by atoms with E-state index in [1.54, 1.807) is 0 Å². The van der Waals surface area contributed by atoms with Gasteiger partial charge in [-0.1, -0.05) is 36.5 Å². The normalized spacial score (nSPS) is 21.4. The number of unbranched alkanes of at least 4 members (excludes halogenated alkanes) is 2. The van der Waals surface area contributed by atoms with Crippen molar-refractivity contribution in [2.24, 2.45) is 5.16 Å². The number of oxime groups is 1. The highest BCUT2D eigenvalue weighted by Crippen LogP contribution is 2.41. The molecule has 0 saturated carbocycles. The average Bonchev–Trinajstić information content (AvgIpc) is 3.26. The molecule has 190 valence electrons. The number of nitrogens with zero attached hydrogens (tertiary/aromatic N) is 3. The summed E-state index contributed by atoms with van der Waals surface area (Å²) in [6.45, 7) is 1.43. The SMILES string of the molecule is CCCCCC(=O)OCOC(=O)C1C(Cl)=CS[C@@H]2C(NC(=O)C(=NOC)c3csc(N)n3)C(=O)N12. The maximum Gasteiger partial charge on any atom is 0.337 e. The summed E-state index contributed by atoms with van der Waals surface area (Å²) in [5.41, 5.74) is 5.66. The van der Waals surface area contributed by atoms with Gasteiger partial charge in [0.1, 0.15) is 24.2 Å². The van der Waals surface area contributed by atoms with Crippen LogP contribution in [0.25, 0.3) is 0 Å². The number of aromatic nitrogens is 1. The van der Waals surface area contributed by atoms with Gasteiger partial charge in [0.05, 0.1) is 5.03 Å². The lowest BCUT2D eigenvalue weighted by Crippen LogP contribution is -2.74. The topological polar surface area (TPSA) is 163 Å². The molecular formula is C20H24ClN5O7S2. The summed E-state index contributed by atoms with van der Waals surface area (Å²) >= 11 is 8.46. The number of hydrogen-bond donors (Lipinski definition) is 2. The smallest absolute Gasteiger partial charge is 0.337 e. The van der Waals surface area contributed by atoms with Crippen molar-refractivity contribution in [2.75, 3.05) is 19.6 Å². The predicted molar refractivity (Wildman–Crippen MR) is 129 cm³/mol. The molecule has 12 nitrogen and oxygen atoms in total. The number of carbonyl (C=O) groups is 4. The molecule has 2 aliphatic heterocycles. The van der Waals surface area contributed by atoms with Crippen molar-refractivity contribution in [3.8, 4) is 0 Å². The number of esters is 2. The van der Waals surface area contributed by atoms with Crippen LogP contribution < -0.4 is 11.1 Å². The third-order valence-electron chi connectivity index (χ3n) is 5.02. The summed E-state index contributed by atoms with van der Waals surface area (Å²) in [6.07, 6.45) is 2.75. The number of thiazole rings is 1. The molecule has 3 N–H and O–H groups in total. The van der Waals surface area contributed by atoms with E-state index in [9.17, 15) is 19.2 Å². The van der Waals surface area contributed by atoms with Gasteiger partial charge in [-0.05, 0) is 11.8 Å². The van der Waals surface area contributed by atoms with Gasteiger partial charge >= 0.3 is 11.9 Å². The fraction of sp³-hybridized carbons (Fsp3) is 0.500. The zero-order chi connectivity index (χ0) is 25.5. The largest absolute Gasteiger partial charge is 0.428 e. The second-order valence-electron chi connectivity index (χ2n) is 7.38. The van der Waals surface area contributed by atoms with Gasteiger partial charge in [0, 0.05) is 11.8 Å². The van der Waals surface area contributed by atoms with Crippen molar-refractivity contribution in [3.05, 3.63) is 21.5 Å². The van der Waals surface area contributed by atoms with Crippen molar-refractivity contribution in [1.82, 2.24) is 15.2 Å². The molecule has 2 aliphatic rings. The summed E-state index contributed by atoms with van der Waals surface area (Å²) in [5, 5.41) is 8.99. The Morgan fingerprint density at radius 3 is 2.74 bits per heavy atom. The number of rotatable bonds is 11. The van der Waals surface area contributed by atoms with E-state index in [4.69, 9.17) is 31.6 Å². The zero-order valence-corrected chi connectivity index (χ0v) is 21.3. The highest BCUT2D eigenvalue weighted by molar-refractivity contribution is 8.03. The van der Waals surface area contributed by atoms with Crippen LogP contribution in [0.3, 0.4) is 0 Å². The van der Waals surface area contributed by atoms with Crippen molar-refractivity contribution in [3.63, 3.8) is 0 Å². The molecule has 0 aromatic carbocycles. The number of nitrogen functional groups attached to an aromatic ring is 1. The molecule has 3 heterocycles. The van der Waals surface area contributed by atoms with E-state index in [2.05, 4.69) is 15.5 Å². The molecule has 35 heavy (non-hydrogen) atoms. The van der Waals surface area contributed by atoms with E-state index in [0.29, 0.717) is 6.42 Å². The summed E-state index contributed by atoms with van der Waals surface area (Å²) in [6, 6.07) is -2.17. The lowest BCUT2D eigenvalue weighted by Gasteiger charge is -2.50. The first kappa shape index (κ1) is 26.8. The Kier molecular flexibility index (Phi) is 9.34. The molecule has 3 atom stereocenters. The Bertz CT molecular complexity index is 1050. The molecule has 3 rings (SSSR count). The van der Waals surface area contributed by atoms with Gasteiger partial charge in [0.2, 0.25) is 12.7 Å². The molecule has 1 saturated heterocycles. The number of β-lactam (4-membered cyclic amide) rings is 1. The van der Waals surface area contributed by atoms with Gasteiger partial charge in [-0.15, -0.1) is 23.1 Å². The second kappa shape index (κ2) is 12.2. The summed E-state index contributed by atoms with van der Waals surface area (Å²) in [4.78, 5) is 59.9. The van der Waals surface area contributed by atoms with Gasteiger partial charge in [0.15, 0.2) is 16.9 Å². The van der Waals surface area contributed by atoms with Gasteiger partial charge in [-0.3, -0.25) is 14.4 Å². The second-order valence-corrected chi connectivity index (χ2v) is 9.69.